The molecule has 4 aromatic rings. The molecule has 0 spiro atoms. The van der Waals surface area contributed by atoms with Gasteiger partial charge in [0.1, 0.15) is 22.9 Å². The highest BCUT2D eigenvalue weighted by molar-refractivity contribution is 7.99. The van der Waals surface area contributed by atoms with Gasteiger partial charge >= 0.3 is 5.97 Å². The minimum Gasteiger partial charge on any atom is -0.486 e. The summed E-state index contributed by atoms with van der Waals surface area (Å²) in [4.78, 5) is 25.4. The average molecular weight is 549 g/mol. The van der Waals surface area contributed by atoms with E-state index in [1.807, 2.05) is 66.3 Å². The Morgan fingerprint density at radius 3 is 2.55 bits per heavy atom. The molecule has 38 heavy (non-hydrogen) atoms. The average Bonchev–Trinajstić information content (AvgIpc) is 3.50. The van der Waals surface area contributed by atoms with Gasteiger partial charge in [-0.25, -0.2) is 4.79 Å². The van der Waals surface area contributed by atoms with Crippen molar-refractivity contribution in [3.05, 3.63) is 89.1 Å². The van der Waals surface area contributed by atoms with Gasteiger partial charge in [0.15, 0.2) is 11.0 Å². The summed E-state index contributed by atoms with van der Waals surface area (Å²) in [6.45, 7) is 8.57. The molecule has 0 radical (unpaired) electrons. The first kappa shape index (κ1) is 27.2. The second kappa shape index (κ2) is 12.6. The minimum atomic E-state index is -0.507. The quantitative estimate of drug-likeness (QED) is 0.142. The monoisotopic (exact) mass is 548 g/mol. The van der Waals surface area contributed by atoms with Crippen LogP contribution < -0.4 is 10.1 Å². The van der Waals surface area contributed by atoms with Crippen molar-refractivity contribution in [2.75, 3.05) is 18.2 Å². The van der Waals surface area contributed by atoms with Crippen molar-refractivity contribution < 1.29 is 19.1 Å². The van der Waals surface area contributed by atoms with Gasteiger partial charge in [0.05, 0.1) is 12.9 Å². The number of ether oxygens (including phenoxy) is 2. The topological polar surface area (TPSA) is 95.3 Å². The van der Waals surface area contributed by atoms with Crippen molar-refractivity contribution in [3.63, 3.8) is 0 Å². The Balaban J connectivity index is 1.44. The summed E-state index contributed by atoms with van der Waals surface area (Å²) in [6.07, 6.45) is 1.74. The summed E-state index contributed by atoms with van der Waals surface area (Å²) < 4.78 is 12.8. The molecule has 4 rings (SSSR count). The first-order chi connectivity index (χ1) is 18.4. The Kier molecular flexibility index (Phi) is 8.98. The van der Waals surface area contributed by atoms with Crippen LogP contribution >= 0.6 is 23.1 Å². The van der Waals surface area contributed by atoms with Crippen LogP contribution in [0.15, 0.2) is 71.7 Å². The first-order valence-corrected chi connectivity index (χ1v) is 13.7. The molecule has 1 N–H and O–H groups in total. The maximum atomic E-state index is 12.9. The van der Waals surface area contributed by atoms with Gasteiger partial charge in [-0.3, -0.25) is 9.36 Å². The van der Waals surface area contributed by atoms with E-state index >= 15 is 0 Å². The van der Waals surface area contributed by atoms with Gasteiger partial charge in [-0.05, 0) is 42.7 Å². The van der Waals surface area contributed by atoms with Crippen LogP contribution in [0.4, 0.5) is 5.00 Å². The number of thiophene rings is 1. The molecule has 0 unspecified atom stereocenters. The van der Waals surface area contributed by atoms with Crippen molar-refractivity contribution in [1.82, 2.24) is 14.8 Å². The number of thioether (sulfide) groups is 1. The standard InChI is InChI=1S/C28H28N4O4S2/c1-5-11-32-23(15-36-21-13-18(2)12-19(3)14-21)30-31-28(32)38-17-24(33)29-26-25(27(34)35-4)22(16-37-26)20-9-7-6-8-10-20/h5-10,12-14,16H,1,11,15,17H2,2-4H3,(H,29,33). The van der Waals surface area contributed by atoms with Crippen LogP contribution in [0.1, 0.15) is 27.3 Å². The zero-order valence-corrected chi connectivity index (χ0v) is 23.0. The van der Waals surface area contributed by atoms with E-state index in [1.54, 1.807) is 6.08 Å². The third kappa shape index (κ3) is 6.51. The zero-order valence-electron chi connectivity index (χ0n) is 21.4. The van der Waals surface area contributed by atoms with E-state index in [1.165, 1.54) is 30.2 Å². The predicted molar refractivity (Wildman–Crippen MR) is 151 cm³/mol. The Labute approximate surface area is 229 Å². The van der Waals surface area contributed by atoms with Crippen molar-refractivity contribution in [2.24, 2.45) is 0 Å². The van der Waals surface area contributed by atoms with Crippen molar-refractivity contribution in [1.29, 1.82) is 0 Å². The zero-order chi connectivity index (χ0) is 27.1. The predicted octanol–water partition coefficient (Wildman–Crippen LogP) is 5.91. The largest absolute Gasteiger partial charge is 0.486 e. The summed E-state index contributed by atoms with van der Waals surface area (Å²) in [5.74, 6) is 0.684. The number of hydrogen-bond acceptors (Lipinski definition) is 8. The Bertz CT molecular complexity index is 1430. The van der Waals surface area contributed by atoms with E-state index in [0.29, 0.717) is 33.7 Å². The number of allylic oxidation sites excluding steroid dienone is 1. The number of aryl methyl sites for hydroxylation is 2. The van der Waals surface area contributed by atoms with Gasteiger partial charge in [0, 0.05) is 17.5 Å². The van der Waals surface area contributed by atoms with Crippen LogP contribution in [0.3, 0.4) is 0 Å². The number of anilines is 1. The molecule has 0 aliphatic heterocycles. The lowest BCUT2D eigenvalue weighted by molar-refractivity contribution is -0.113. The normalized spacial score (nSPS) is 10.7. The van der Waals surface area contributed by atoms with Gasteiger partial charge < -0.3 is 14.8 Å². The van der Waals surface area contributed by atoms with E-state index in [0.717, 1.165) is 22.4 Å². The molecule has 1 amide bonds. The van der Waals surface area contributed by atoms with Crippen molar-refractivity contribution in [3.8, 4) is 16.9 Å². The third-order valence-electron chi connectivity index (χ3n) is 5.52. The fourth-order valence-electron chi connectivity index (χ4n) is 3.89. The Morgan fingerprint density at radius 2 is 1.87 bits per heavy atom. The van der Waals surface area contributed by atoms with Gasteiger partial charge in [0.25, 0.3) is 0 Å². The number of carbonyl (C=O) groups excluding carboxylic acids is 2. The third-order valence-corrected chi connectivity index (χ3v) is 7.38. The summed E-state index contributed by atoms with van der Waals surface area (Å²) >= 11 is 2.53. The minimum absolute atomic E-state index is 0.0758. The molecule has 2 aromatic heterocycles. The molecular weight excluding hydrogens is 520 g/mol. The highest BCUT2D eigenvalue weighted by Gasteiger charge is 2.23. The summed E-state index contributed by atoms with van der Waals surface area (Å²) in [6, 6.07) is 15.5. The van der Waals surface area contributed by atoms with Crippen LogP contribution in [0.2, 0.25) is 0 Å². The van der Waals surface area contributed by atoms with E-state index < -0.39 is 5.97 Å². The number of rotatable bonds is 11. The number of benzene rings is 2. The number of methoxy groups -OCH3 is 1. The van der Waals surface area contributed by atoms with Gasteiger partial charge in [0.2, 0.25) is 5.91 Å². The van der Waals surface area contributed by atoms with E-state index in [-0.39, 0.29) is 18.3 Å². The lowest BCUT2D eigenvalue weighted by Crippen LogP contribution is -2.16. The van der Waals surface area contributed by atoms with Crippen molar-refractivity contribution >= 4 is 40.0 Å². The molecule has 0 bridgehead atoms. The van der Waals surface area contributed by atoms with Gasteiger partial charge in [-0.1, -0.05) is 54.2 Å². The molecule has 0 fully saturated rings. The molecule has 0 aliphatic rings. The first-order valence-electron chi connectivity index (χ1n) is 11.8. The Hall–Kier alpha value is -3.89. The van der Waals surface area contributed by atoms with Crippen LogP contribution in [-0.4, -0.2) is 39.5 Å². The Morgan fingerprint density at radius 1 is 1.13 bits per heavy atom. The second-order valence-corrected chi connectivity index (χ2v) is 10.3. The highest BCUT2D eigenvalue weighted by Crippen LogP contribution is 2.36. The number of esters is 1. The summed E-state index contributed by atoms with van der Waals surface area (Å²) in [5, 5.41) is 14.2. The van der Waals surface area contributed by atoms with E-state index in [2.05, 4.69) is 28.2 Å². The molecule has 0 saturated carbocycles. The van der Waals surface area contributed by atoms with Crippen LogP contribution in [0.5, 0.6) is 5.75 Å². The van der Waals surface area contributed by atoms with Crippen LogP contribution in [0.25, 0.3) is 11.1 Å². The fourth-order valence-corrected chi connectivity index (χ4v) is 5.63. The lowest BCUT2D eigenvalue weighted by atomic mass is 10.0. The van der Waals surface area contributed by atoms with Crippen LogP contribution in [0, 0.1) is 13.8 Å². The molecule has 196 valence electrons. The smallest absolute Gasteiger partial charge is 0.341 e. The molecule has 0 saturated heterocycles. The second-order valence-electron chi connectivity index (χ2n) is 8.46. The molecule has 2 heterocycles. The van der Waals surface area contributed by atoms with Gasteiger partial charge in [-0.2, -0.15) is 0 Å². The molecular formula is C28H28N4O4S2. The fraction of sp³-hybridized carbons (Fsp3) is 0.214. The number of hydrogen-bond donors (Lipinski definition) is 1. The number of nitrogens with one attached hydrogen (secondary N) is 1. The number of nitrogens with zero attached hydrogens (tertiary/aromatic N) is 3. The highest BCUT2D eigenvalue weighted by atomic mass is 32.2. The molecule has 2 aromatic carbocycles. The SMILES string of the molecule is C=CCn1c(COc2cc(C)cc(C)c2)nnc1SCC(=O)Nc1scc(-c2ccccc2)c1C(=O)OC. The maximum Gasteiger partial charge on any atom is 0.341 e. The van der Waals surface area contributed by atoms with Crippen molar-refractivity contribution in [2.45, 2.75) is 32.2 Å². The molecule has 8 nitrogen and oxygen atoms in total. The summed E-state index contributed by atoms with van der Waals surface area (Å²) in [7, 11) is 1.32. The van der Waals surface area contributed by atoms with E-state index in [4.69, 9.17) is 9.47 Å². The number of aromatic nitrogens is 3. The van der Waals surface area contributed by atoms with Gasteiger partial charge in [-0.15, -0.1) is 28.1 Å². The molecule has 10 heteroatoms. The molecule has 0 aliphatic carbocycles. The number of carbonyl (C=O) groups is 2. The van der Waals surface area contributed by atoms with Crippen LogP contribution in [-0.2, 0) is 22.7 Å². The maximum absolute atomic E-state index is 12.9. The lowest BCUT2D eigenvalue weighted by Gasteiger charge is -2.10. The van der Waals surface area contributed by atoms with E-state index in [9.17, 15) is 9.59 Å². The number of amides is 1. The molecule has 0 atom stereocenters. The summed E-state index contributed by atoms with van der Waals surface area (Å²) in [5.41, 5.74) is 4.15.